The molecule has 0 spiro atoms. The second-order valence-corrected chi connectivity index (χ2v) is 12.7. The van der Waals surface area contributed by atoms with Gasteiger partial charge in [0.1, 0.15) is 12.6 Å². The number of aromatic carboxylic acids is 1. The first kappa shape index (κ1) is 32.0. The smallest absolute Gasteiger partial charge is 0.338 e. The lowest BCUT2D eigenvalue weighted by atomic mass is 9.97. The molecule has 0 unspecified atom stereocenters. The van der Waals surface area contributed by atoms with Crippen molar-refractivity contribution in [3.05, 3.63) is 142 Å². The highest BCUT2D eigenvalue weighted by atomic mass is 35.5. The molecule has 2 aromatic heterocycles. The molecule has 5 aromatic rings. The van der Waals surface area contributed by atoms with E-state index in [-0.39, 0.29) is 35.1 Å². The lowest BCUT2D eigenvalue weighted by Gasteiger charge is -2.24. The fourth-order valence-corrected chi connectivity index (χ4v) is 7.32. The highest BCUT2D eigenvalue weighted by Crippen LogP contribution is 2.38. The molecule has 12 heteroatoms. The number of methoxy groups -OCH3 is 1. The van der Waals surface area contributed by atoms with E-state index in [0.717, 1.165) is 10.4 Å². The predicted molar refractivity (Wildman–Crippen MR) is 181 cm³/mol. The minimum atomic E-state index is -1.03. The molecular formula is C35H27ClN2O7S2. The number of nitrogens with zero attached hydrogens (tertiary/aromatic N) is 2. The average molecular weight is 687 g/mol. The number of carbonyl (C=O) groups excluding carboxylic acids is 1. The zero-order chi connectivity index (χ0) is 33.1. The minimum Gasteiger partial charge on any atom is -0.493 e. The summed E-state index contributed by atoms with van der Waals surface area (Å²) in [7, 11) is 1.48. The molecule has 1 atom stereocenters. The van der Waals surface area contributed by atoms with Crippen molar-refractivity contribution in [2.75, 3.05) is 13.7 Å². The van der Waals surface area contributed by atoms with Crippen LogP contribution in [0.25, 0.3) is 11.8 Å². The van der Waals surface area contributed by atoms with Crippen LogP contribution in [-0.4, -0.2) is 35.3 Å². The van der Waals surface area contributed by atoms with Crippen molar-refractivity contribution in [3.63, 3.8) is 0 Å². The summed E-state index contributed by atoms with van der Waals surface area (Å²) in [5.41, 5.74) is 2.53. The van der Waals surface area contributed by atoms with E-state index in [0.29, 0.717) is 37.5 Å². The van der Waals surface area contributed by atoms with Gasteiger partial charge in [0, 0.05) is 10.4 Å². The van der Waals surface area contributed by atoms with Crippen molar-refractivity contribution in [1.82, 2.24) is 4.57 Å². The molecule has 1 aliphatic heterocycles. The summed E-state index contributed by atoms with van der Waals surface area (Å²) in [5.74, 6) is -0.965. The number of esters is 1. The summed E-state index contributed by atoms with van der Waals surface area (Å²) in [6.07, 6.45) is 1.69. The Bertz CT molecular complexity index is 2190. The standard InChI is InChI=1S/C35H27ClN2O7S2/c1-3-44-34(42)28-29(22-10-5-4-6-11-22)37-35-38(30(28)26-13-8-14-46-26)32(39)27(47-35)18-21-16-24(36)31(25(17-21)43-2)45-19-20-9-7-12-23(15-20)33(40)41/h4-18,30H,3,19H2,1-2H3,(H,40,41)/b27-18+/t30-/m1/s1. The monoisotopic (exact) mass is 686 g/mol. The summed E-state index contributed by atoms with van der Waals surface area (Å²) < 4.78 is 18.9. The Hall–Kier alpha value is -4.97. The zero-order valence-electron chi connectivity index (χ0n) is 25.1. The van der Waals surface area contributed by atoms with Gasteiger partial charge in [-0.15, -0.1) is 11.3 Å². The second kappa shape index (κ2) is 13.8. The fourth-order valence-electron chi connectivity index (χ4n) is 5.22. The van der Waals surface area contributed by atoms with Gasteiger partial charge >= 0.3 is 11.9 Å². The Morgan fingerprint density at radius 2 is 1.87 bits per heavy atom. The minimum absolute atomic E-state index is 0.0599. The quantitative estimate of drug-likeness (QED) is 0.181. The number of benzene rings is 3. The molecule has 1 aliphatic rings. The molecule has 0 radical (unpaired) electrons. The number of thiophene rings is 1. The van der Waals surface area contributed by atoms with E-state index in [1.54, 1.807) is 41.8 Å². The van der Waals surface area contributed by atoms with Crippen LogP contribution in [0, 0.1) is 0 Å². The molecule has 0 aliphatic carbocycles. The van der Waals surface area contributed by atoms with Crippen molar-refractivity contribution < 1.29 is 28.9 Å². The van der Waals surface area contributed by atoms with Crippen LogP contribution in [0.1, 0.15) is 44.9 Å². The number of carboxylic acids is 1. The largest absolute Gasteiger partial charge is 0.493 e. The lowest BCUT2D eigenvalue weighted by Crippen LogP contribution is -2.39. The number of rotatable bonds is 10. The molecule has 3 heterocycles. The first-order chi connectivity index (χ1) is 22.8. The van der Waals surface area contributed by atoms with Crippen LogP contribution < -0.4 is 24.4 Å². The van der Waals surface area contributed by atoms with E-state index in [1.165, 1.54) is 41.9 Å². The van der Waals surface area contributed by atoms with Crippen LogP contribution in [0.15, 0.2) is 99.6 Å². The van der Waals surface area contributed by atoms with Crippen molar-refractivity contribution in [2.45, 2.75) is 19.6 Å². The molecule has 0 amide bonds. The number of fused-ring (bicyclic) bond motifs is 1. The summed E-state index contributed by atoms with van der Waals surface area (Å²) in [4.78, 5) is 45.1. The molecular weight excluding hydrogens is 660 g/mol. The van der Waals surface area contributed by atoms with Gasteiger partial charge < -0.3 is 19.3 Å². The summed E-state index contributed by atoms with van der Waals surface area (Å²) in [6, 6.07) is 22.2. The van der Waals surface area contributed by atoms with Crippen molar-refractivity contribution in [2.24, 2.45) is 4.99 Å². The van der Waals surface area contributed by atoms with Crippen molar-refractivity contribution >= 4 is 58.0 Å². The Morgan fingerprint density at radius 1 is 1.06 bits per heavy atom. The van der Waals surface area contributed by atoms with E-state index >= 15 is 0 Å². The number of carbonyl (C=O) groups is 2. The zero-order valence-corrected chi connectivity index (χ0v) is 27.5. The van der Waals surface area contributed by atoms with E-state index in [9.17, 15) is 19.5 Å². The highest BCUT2D eigenvalue weighted by molar-refractivity contribution is 7.10. The van der Waals surface area contributed by atoms with Crippen LogP contribution in [0.2, 0.25) is 5.02 Å². The van der Waals surface area contributed by atoms with Crippen molar-refractivity contribution in [3.8, 4) is 11.5 Å². The third-order valence-electron chi connectivity index (χ3n) is 7.29. The molecule has 9 nitrogen and oxygen atoms in total. The third kappa shape index (κ3) is 6.50. The van der Waals surface area contributed by atoms with Gasteiger partial charge in [-0.25, -0.2) is 14.6 Å². The van der Waals surface area contributed by atoms with Gasteiger partial charge in [0.25, 0.3) is 5.56 Å². The van der Waals surface area contributed by atoms with Crippen molar-refractivity contribution in [1.29, 1.82) is 0 Å². The first-order valence-electron chi connectivity index (χ1n) is 14.4. The summed E-state index contributed by atoms with van der Waals surface area (Å²) in [6.45, 7) is 1.97. The van der Waals surface area contributed by atoms with Crippen LogP contribution in [-0.2, 0) is 16.1 Å². The van der Waals surface area contributed by atoms with Gasteiger partial charge in [0.05, 0.1) is 40.1 Å². The molecule has 47 heavy (non-hydrogen) atoms. The number of hydrogen-bond donors (Lipinski definition) is 1. The van der Waals surface area contributed by atoms with E-state index in [2.05, 4.69) is 0 Å². The van der Waals surface area contributed by atoms with Gasteiger partial charge in [0.2, 0.25) is 0 Å². The molecule has 6 rings (SSSR count). The Morgan fingerprint density at radius 3 is 2.57 bits per heavy atom. The molecule has 0 saturated heterocycles. The maximum absolute atomic E-state index is 14.1. The Kier molecular flexibility index (Phi) is 9.39. The molecule has 0 bridgehead atoms. The topological polar surface area (TPSA) is 116 Å². The number of halogens is 1. The SMILES string of the molecule is CCOC(=O)C1=C(c2ccccc2)N=c2s/c(=C/c3cc(Cl)c(OCc4cccc(C(=O)O)c4)c(OC)c3)c(=O)n2[C@@H]1c1cccs1. The van der Waals surface area contributed by atoms with E-state index in [1.807, 2.05) is 47.8 Å². The average Bonchev–Trinajstić information content (AvgIpc) is 3.72. The van der Waals surface area contributed by atoms with Gasteiger partial charge in [-0.1, -0.05) is 71.5 Å². The van der Waals surface area contributed by atoms with Crippen LogP contribution in [0.4, 0.5) is 0 Å². The molecule has 1 N–H and O–H groups in total. The number of ether oxygens (including phenoxy) is 3. The third-order valence-corrected chi connectivity index (χ3v) is 9.48. The normalized spacial score (nSPS) is 14.4. The van der Waals surface area contributed by atoms with Gasteiger partial charge in [0.15, 0.2) is 16.3 Å². The predicted octanol–water partition coefficient (Wildman–Crippen LogP) is 5.94. The summed E-state index contributed by atoms with van der Waals surface area (Å²) >= 11 is 9.30. The lowest BCUT2D eigenvalue weighted by molar-refractivity contribution is -0.138. The number of carboxylic acid groups (broad SMARTS) is 1. The number of thiazole rings is 1. The van der Waals surface area contributed by atoms with E-state index < -0.39 is 18.0 Å². The number of aromatic nitrogens is 1. The van der Waals surface area contributed by atoms with Gasteiger partial charge in [-0.2, -0.15) is 0 Å². The molecule has 238 valence electrons. The Balaban J connectivity index is 1.44. The van der Waals surface area contributed by atoms with Crippen LogP contribution in [0.3, 0.4) is 0 Å². The molecule has 0 saturated carbocycles. The highest BCUT2D eigenvalue weighted by Gasteiger charge is 2.35. The second-order valence-electron chi connectivity index (χ2n) is 10.3. The fraction of sp³-hybridized carbons (Fsp3) is 0.143. The Labute approximate surface area is 281 Å². The van der Waals surface area contributed by atoms with Gasteiger partial charge in [-0.3, -0.25) is 9.36 Å². The first-order valence-corrected chi connectivity index (χ1v) is 16.5. The van der Waals surface area contributed by atoms with Gasteiger partial charge in [-0.05, 0) is 59.8 Å². The van der Waals surface area contributed by atoms with Crippen LogP contribution in [0.5, 0.6) is 11.5 Å². The van der Waals surface area contributed by atoms with E-state index in [4.69, 9.17) is 30.8 Å². The molecule has 0 fully saturated rings. The van der Waals surface area contributed by atoms with Crippen LogP contribution >= 0.6 is 34.3 Å². The maximum Gasteiger partial charge on any atom is 0.338 e. The summed E-state index contributed by atoms with van der Waals surface area (Å²) in [5, 5.41) is 11.4. The number of hydrogen-bond acceptors (Lipinski definition) is 9. The maximum atomic E-state index is 14.1. The molecule has 3 aromatic carbocycles.